The Kier molecular flexibility index (Phi) is 4.93. The summed E-state index contributed by atoms with van der Waals surface area (Å²) in [5.74, 6) is -0.279. The Balaban J connectivity index is 1.52. The van der Waals surface area contributed by atoms with E-state index in [0.717, 1.165) is 20.1 Å². The van der Waals surface area contributed by atoms with Gasteiger partial charge in [-0.3, -0.25) is 10.2 Å². The van der Waals surface area contributed by atoms with Gasteiger partial charge in [0.2, 0.25) is 5.82 Å². The minimum Gasteiger partial charge on any atom is -0.339 e. The number of thiophene rings is 1. The maximum atomic E-state index is 12.6. The van der Waals surface area contributed by atoms with Crippen molar-refractivity contribution < 1.29 is 9.42 Å². The molecule has 28 heavy (non-hydrogen) atoms. The first-order valence-electron chi connectivity index (χ1n) is 8.26. The number of hydrogen-bond acceptors (Lipinski definition) is 6. The molecular weight excluding hydrogens is 442 g/mol. The fraction of sp³-hybridized carbons (Fsp3) is 0.0526. The molecule has 2 heterocycles. The number of carbonyl (C=O) groups is 1. The van der Waals surface area contributed by atoms with Gasteiger partial charge < -0.3 is 10.6 Å². The number of amidine groups is 1. The van der Waals surface area contributed by atoms with Crippen molar-refractivity contribution in [3.63, 3.8) is 0 Å². The molecule has 0 unspecified atom stereocenters. The summed E-state index contributed by atoms with van der Waals surface area (Å²) in [4.78, 5) is 13.1. The third-order valence-electron chi connectivity index (χ3n) is 4.05. The van der Waals surface area contributed by atoms with Gasteiger partial charge >= 0.3 is 0 Å². The molecule has 0 bridgehead atoms. The Labute approximate surface area is 172 Å². The van der Waals surface area contributed by atoms with Crippen LogP contribution in [0, 0.1) is 12.3 Å². The molecule has 140 valence electrons. The molecule has 0 fully saturated rings. The van der Waals surface area contributed by atoms with Crippen LogP contribution >= 0.6 is 27.3 Å². The van der Waals surface area contributed by atoms with E-state index in [9.17, 15) is 4.79 Å². The summed E-state index contributed by atoms with van der Waals surface area (Å²) in [6, 6.07) is 15.2. The van der Waals surface area contributed by atoms with Gasteiger partial charge in [-0.05, 0) is 52.5 Å². The van der Waals surface area contributed by atoms with Crippen LogP contribution < -0.4 is 10.6 Å². The van der Waals surface area contributed by atoms with Gasteiger partial charge in [-0.15, -0.1) is 11.3 Å². The van der Waals surface area contributed by atoms with Gasteiger partial charge in [0.05, 0.1) is 4.88 Å². The monoisotopic (exact) mass is 455 g/mol. The van der Waals surface area contributed by atoms with Crippen molar-refractivity contribution in [2.24, 2.45) is 0 Å². The highest BCUT2D eigenvalue weighted by atomic mass is 79.9. The van der Waals surface area contributed by atoms with E-state index in [4.69, 9.17) is 10.0 Å². The zero-order valence-electron chi connectivity index (χ0n) is 14.6. The van der Waals surface area contributed by atoms with Crippen LogP contribution in [0.25, 0.3) is 10.1 Å². The van der Waals surface area contributed by atoms with Crippen LogP contribution in [-0.4, -0.2) is 22.1 Å². The third kappa shape index (κ3) is 3.67. The Bertz CT molecular complexity index is 1170. The molecule has 0 saturated carbocycles. The van der Waals surface area contributed by atoms with Crippen molar-refractivity contribution >= 4 is 60.6 Å². The summed E-state index contributed by atoms with van der Waals surface area (Å²) < 4.78 is 6.68. The molecule has 4 rings (SSSR count). The van der Waals surface area contributed by atoms with E-state index in [1.807, 2.05) is 55.5 Å². The van der Waals surface area contributed by atoms with Gasteiger partial charge in [0, 0.05) is 14.9 Å². The lowest BCUT2D eigenvalue weighted by atomic mass is 10.2. The number of rotatable bonds is 4. The topological polar surface area (TPSA) is 104 Å². The molecule has 0 atom stereocenters. The molecule has 0 aliphatic rings. The van der Waals surface area contributed by atoms with Crippen molar-refractivity contribution in [1.82, 2.24) is 10.3 Å². The molecule has 2 aromatic carbocycles. The Hall–Kier alpha value is -3.04. The highest BCUT2D eigenvalue weighted by Gasteiger charge is 2.19. The molecular formula is C19H14BrN5O2S. The van der Waals surface area contributed by atoms with Crippen molar-refractivity contribution in [1.29, 1.82) is 5.41 Å². The van der Waals surface area contributed by atoms with Crippen LogP contribution in [-0.2, 0) is 0 Å². The normalized spacial score (nSPS) is 10.8. The van der Waals surface area contributed by atoms with E-state index in [1.165, 1.54) is 11.3 Å². The van der Waals surface area contributed by atoms with E-state index < -0.39 is 0 Å². The number of nitrogens with zero attached hydrogens (tertiary/aromatic N) is 2. The average Bonchev–Trinajstić information content (AvgIpc) is 3.31. The molecule has 0 spiro atoms. The number of benzene rings is 2. The van der Waals surface area contributed by atoms with E-state index >= 15 is 0 Å². The smallest absolute Gasteiger partial charge is 0.267 e. The van der Waals surface area contributed by atoms with Crippen LogP contribution in [0.1, 0.15) is 20.9 Å². The highest BCUT2D eigenvalue weighted by molar-refractivity contribution is 9.10. The summed E-state index contributed by atoms with van der Waals surface area (Å²) >= 11 is 4.84. The largest absolute Gasteiger partial charge is 0.339 e. The lowest BCUT2D eigenvalue weighted by Crippen LogP contribution is -2.18. The van der Waals surface area contributed by atoms with Gasteiger partial charge in [-0.2, -0.15) is 0 Å². The van der Waals surface area contributed by atoms with Crippen LogP contribution in [0.2, 0.25) is 0 Å². The first-order valence-corrected chi connectivity index (χ1v) is 9.87. The van der Waals surface area contributed by atoms with E-state index in [-0.39, 0.29) is 23.3 Å². The van der Waals surface area contributed by atoms with Gasteiger partial charge in [0.1, 0.15) is 0 Å². The number of halogens is 1. The molecule has 0 aliphatic carbocycles. The Morgan fingerprint density at radius 1 is 1.14 bits per heavy atom. The predicted molar refractivity (Wildman–Crippen MR) is 113 cm³/mol. The summed E-state index contributed by atoms with van der Waals surface area (Å²) in [6.07, 6.45) is 0. The van der Waals surface area contributed by atoms with Crippen molar-refractivity contribution in [2.75, 3.05) is 10.6 Å². The zero-order chi connectivity index (χ0) is 19.7. The summed E-state index contributed by atoms with van der Waals surface area (Å²) in [7, 11) is 0. The molecule has 0 saturated heterocycles. The second-order valence-corrected chi connectivity index (χ2v) is 7.97. The van der Waals surface area contributed by atoms with E-state index in [0.29, 0.717) is 10.6 Å². The minimum atomic E-state index is -0.330. The van der Waals surface area contributed by atoms with Gasteiger partial charge in [0.25, 0.3) is 5.91 Å². The minimum absolute atomic E-state index is 0.0383. The molecule has 7 nitrogen and oxygen atoms in total. The number of nitrogens with one attached hydrogen (secondary N) is 3. The zero-order valence-corrected chi connectivity index (χ0v) is 17.0. The summed E-state index contributed by atoms with van der Waals surface area (Å²) in [5.41, 5.74) is 1.90. The first kappa shape index (κ1) is 18.3. The number of hydrogen-bond donors (Lipinski definition) is 3. The molecule has 0 aliphatic heterocycles. The Morgan fingerprint density at radius 3 is 2.75 bits per heavy atom. The quantitative estimate of drug-likeness (QED) is 0.295. The lowest BCUT2D eigenvalue weighted by Gasteiger charge is -2.08. The second kappa shape index (κ2) is 7.53. The number of anilines is 2. The number of carbonyl (C=O) groups excluding carboxylic acids is 1. The van der Waals surface area contributed by atoms with E-state index in [2.05, 4.69) is 36.9 Å². The molecule has 1 amide bonds. The van der Waals surface area contributed by atoms with Crippen LogP contribution in [0.15, 0.2) is 57.6 Å². The van der Waals surface area contributed by atoms with E-state index in [1.54, 1.807) is 0 Å². The third-order valence-corrected chi connectivity index (χ3v) is 6.02. The van der Waals surface area contributed by atoms with Crippen molar-refractivity contribution in [2.45, 2.75) is 6.92 Å². The first-order chi connectivity index (χ1) is 13.5. The second-order valence-electron chi connectivity index (χ2n) is 6.03. The van der Waals surface area contributed by atoms with Crippen LogP contribution in [0.3, 0.4) is 0 Å². The maximum absolute atomic E-state index is 12.6. The molecule has 0 radical (unpaired) electrons. The number of amides is 1. The molecule has 4 aromatic rings. The maximum Gasteiger partial charge on any atom is 0.267 e. The number of aryl methyl sites for hydroxylation is 1. The van der Waals surface area contributed by atoms with Gasteiger partial charge in [0.15, 0.2) is 11.5 Å². The predicted octanol–water partition coefficient (Wildman–Crippen LogP) is 5.04. The average molecular weight is 456 g/mol. The fourth-order valence-electron chi connectivity index (χ4n) is 2.57. The SMILES string of the molecule is Cc1ccc(NC(=N)c2nonc2NC(=O)c2cc3ccccc3s2)cc1Br. The lowest BCUT2D eigenvalue weighted by molar-refractivity contribution is 0.102. The van der Waals surface area contributed by atoms with Crippen LogP contribution in [0.4, 0.5) is 11.5 Å². The summed E-state index contributed by atoms with van der Waals surface area (Å²) in [6.45, 7) is 1.97. The molecule has 9 heteroatoms. The van der Waals surface area contributed by atoms with Gasteiger partial charge in [-0.25, -0.2) is 4.63 Å². The number of fused-ring (bicyclic) bond motifs is 1. The van der Waals surface area contributed by atoms with Gasteiger partial charge in [-0.1, -0.05) is 40.2 Å². The number of aromatic nitrogens is 2. The Morgan fingerprint density at radius 2 is 1.96 bits per heavy atom. The highest BCUT2D eigenvalue weighted by Crippen LogP contribution is 2.26. The summed E-state index contributed by atoms with van der Waals surface area (Å²) in [5, 5.41) is 22.3. The molecule has 2 aromatic heterocycles. The van der Waals surface area contributed by atoms with Crippen LogP contribution in [0.5, 0.6) is 0 Å². The molecule has 3 N–H and O–H groups in total. The van der Waals surface area contributed by atoms with Crippen molar-refractivity contribution in [3.8, 4) is 0 Å². The standard InChI is InChI=1S/C19H14BrN5O2S/c1-10-6-7-12(9-13(10)20)22-17(21)16-18(25-27-24-16)23-19(26)15-8-11-4-2-3-5-14(11)28-15/h2-9H,1H3,(H2,21,22)(H,23,25,26). The fourth-order valence-corrected chi connectivity index (χ4v) is 3.91. The van der Waals surface area contributed by atoms with Crippen molar-refractivity contribution in [3.05, 3.63) is 69.1 Å².